The highest BCUT2D eigenvalue weighted by molar-refractivity contribution is 5.84. The van der Waals surface area contributed by atoms with Crippen LogP contribution in [0.25, 0.3) is 0 Å². The minimum absolute atomic E-state index is 0. The summed E-state index contributed by atoms with van der Waals surface area (Å²) in [5.41, 5.74) is -0.584. The molecule has 0 saturated heterocycles. The van der Waals surface area contributed by atoms with E-state index in [1.807, 2.05) is 0 Å². The molecule has 1 amide bonds. The third-order valence-corrected chi connectivity index (χ3v) is 2.00. The SMILES string of the molecule is C.C[C@@H](NC(=O)OC(C)(C)C)c1ccc(C(=O)O)o1. The lowest BCUT2D eigenvalue weighted by Crippen LogP contribution is -2.33. The van der Waals surface area contributed by atoms with Crippen molar-refractivity contribution in [2.75, 3.05) is 0 Å². The molecule has 1 aromatic rings. The molecule has 0 aliphatic rings. The molecule has 0 aliphatic heterocycles. The molecule has 0 bridgehead atoms. The molecule has 108 valence electrons. The van der Waals surface area contributed by atoms with Crippen molar-refractivity contribution in [1.82, 2.24) is 5.32 Å². The van der Waals surface area contributed by atoms with Crippen LogP contribution in [-0.2, 0) is 4.74 Å². The number of rotatable bonds is 3. The molecule has 1 heterocycles. The van der Waals surface area contributed by atoms with E-state index in [1.54, 1.807) is 27.7 Å². The van der Waals surface area contributed by atoms with Crippen molar-refractivity contribution < 1.29 is 23.8 Å². The van der Waals surface area contributed by atoms with Gasteiger partial charge in [-0.05, 0) is 39.8 Å². The number of nitrogens with one attached hydrogen (secondary N) is 1. The Morgan fingerprint density at radius 2 is 1.95 bits per heavy atom. The smallest absolute Gasteiger partial charge is 0.408 e. The lowest BCUT2D eigenvalue weighted by Gasteiger charge is -2.21. The monoisotopic (exact) mass is 271 g/mol. The number of ether oxygens (including phenoxy) is 1. The van der Waals surface area contributed by atoms with Gasteiger partial charge in [-0.25, -0.2) is 9.59 Å². The quantitative estimate of drug-likeness (QED) is 0.881. The van der Waals surface area contributed by atoms with Crippen LogP contribution in [-0.4, -0.2) is 22.8 Å². The van der Waals surface area contributed by atoms with E-state index < -0.39 is 23.7 Å². The van der Waals surface area contributed by atoms with E-state index >= 15 is 0 Å². The van der Waals surface area contributed by atoms with Crippen LogP contribution in [0, 0.1) is 0 Å². The van der Waals surface area contributed by atoms with Crippen molar-refractivity contribution in [2.24, 2.45) is 0 Å². The van der Waals surface area contributed by atoms with Crippen LogP contribution in [0.4, 0.5) is 4.79 Å². The second kappa shape index (κ2) is 6.26. The summed E-state index contributed by atoms with van der Waals surface area (Å²) in [5.74, 6) is -0.952. The zero-order valence-corrected chi connectivity index (χ0v) is 10.8. The molecule has 0 fully saturated rings. The van der Waals surface area contributed by atoms with Crippen molar-refractivity contribution in [3.63, 3.8) is 0 Å². The Morgan fingerprint density at radius 3 is 2.37 bits per heavy atom. The molecule has 1 rings (SSSR count). The number of carboxylic acids is 1. The minimum atomic E-state index is -1.15. The predicted octanol–water partition coefficient (Wildman–Crippen LogP) is 3.20. The average molecular weight is 271 g/mol. The van der Waals surface area contributed by atoms with Crippen molar-refractivity contribution in [3.05, 3.63) is 23.7 Å². The van der Waals surface area contributed by atoms with Gasteiger partial charge in [-0.1, -0.05) is 7.43 Å². The fourth-order valence-corrected chi connectivity index (χ4v) is 1.26. The van der Waals surface area contributed by atoms with E-state index in [1.165, 1.54) is 12.1 Å². The molecule has 1 aromatic heterocycles. The van der Waals surface area contributed by atoms with Crippen molar-refractivity contribution in [1.29, 1.82) is 0 Å². The van der Waals surface area contributed by atoms with Crippen molar-refractivity contribution in [2.45, 2.75) is 46.8 Å². The number of carboxylic acid groups (broad SMARTS) is 1. The van der Waals surface area contributed by atoms with E-state index in [2.05, 4.69) is 5.32 Å². The highest BCUT2D eigenvalue weighted by Gasteiger charge is 2.20. The van der Waals surface area contributed by atoms with Gasteiger partial charge in [-0.15, -0.1) is 0 Å². The Balaban J connectivity index is 0.00000324. The largest absolute Gasteiger partial charge is 0.475 e. The van der Waals surface area contributed by atoms with Gasteiger partial charge in [-0.2, -0.15) is 0 Å². The number of aromatic carboxylic acids is 1. The van der Waals surface area contributed by atoms with Gasteiger partial charge in [0, 0.05) is 0 Å². The van der Waals surface area contributed by atoms with E-state index in [-0.39, 0.29) is 13.2 Å². The van der Waals surface area contributed by atoms with Crippen LogP contribution < -0.4 is 5.32 Å². The van der Waals surface area contributed by atoms with Gasteiger partial charge >= 0.3 is 12.1 Å². The Hall–Kier alpha value is -1.98. The predicted molar refractivity (Wildman–Crippen MR) is 70.2 cm³/mol. The molecular weight excluding hydrogens is 250 g/mol. The van der Waals surface area contributed by atoms with Crippen LogP contribution in [0.3, 0.4) is 0 Å². The highest BCUT2D eigenvalue weighted by Crippen LogP contribution is 2.17. The maximum atomic E-state index is 11.5. The summed E-state index contributed by atoms with van der Waals surface area (Å²) in [6, 6.07) is 2.38. The zero-order valence-electron chi connectivity index (χ0n) is 10.8. The summed E-state index contributed by atoms with van der Waals surface area (Å²) < 4.78 is 10.1. The van der Waals surface area contributed by atoms with Crippen LogP contribution in [0.1, 0.15) is 57.5 Å². The van der Waals surface area contributed by atoms with Gasteiger partial charge in [-0.3, -0.25) is 0 Å². The van der Waals surface area contributed by atoms with E-state index in [0.29, 0.717) is 5.76 Å². The molecule has 0 aliphatic carbocycles. The van der Waals surface area contributed by atoms with Gasteiger partial charge < -0.3 is 19.6 Å². The lowest BCUT2D eigenvalue weighted by atomic mass is 10.2. The third kappa shape index (κ3) is 5.46. The Morgan fingerprint density at radius 1 is 1.37 bits per heavy atom. The first-order valence-corrected chi connectivity index (χ1v) is 5.51. The van der Waals surface area contributed by atoms with Gasteiger partial charge in [0.2, 0.25) is 5.76 Å². The topological polar surface area (TPSA) is 88.8 Å². The van der Waals surface area contributed by atoms with Gasteiger partial charge in [0.25, 0.3) is 0 Å². The summed E-state index contributed by atoms with van der Waals surface area (Å²) >= 11 is 0. The summed E-state index contributed by atoms with van der Waals surface area (Å²) in [6.07, 6.45) is -0.580. The third-order valence-electron chi connectivity index (χ3n) is 2.00. The van der Waals surface area contributed by atoms with Crippen molar-refractivity contribution >= 4 is 12.1 Å². The Labute approximate surface area is 112 Å². The number of carbonyl (C=O) groups is 2. The van der Waals surface area contributed by atoms with Crippen LogP contribution in [0.5, 0.6) is 0 Å². The Bertz CT molecular complexity index is 444. The molecule has 0 unspecified atom stereocenters. The molecule has 0 radical (unpaired) electrons. The van der Waals surface area contributed by atoms with Gasteiger partial charge in [0.1, 0.15) is 11.4 Å². The second-order valence-electron chi connectivity index (χ2n) is 4.88. The fraction of sp³-hybridized carbons (Fsp3) is 0.538. The number of hydrogen-bond acceptors (Lipinski definition) is 4. The minimum Gasteiger partial charge on any atom is -0.475 e. The summed E-state index contributed by atoms with van der Waals surface area (Å²) in [5, 5.41) is 11.3. The zero-order chi connectivity index (χ0) is 13.9. The summed E-state index contributed by atoms with van der Waals surface area (Å²) in [7, 11) is 0. The molecular formula is C13H21NO5. The molecule has 0 aromatic carbocycles. The number of hydrogen-bond donors (Lipinski definition) is 2. The number of amides is 1. The van der Waals surface area contributed by atoms with Crippen LogP contribution >= 0.6 is 0 Å². The number of alkyl carbamates (subject to hydrolysis) is 1. The van der Waals surface area contributed by atoms with E-state index in [9.17, 15) is 9.59 Å². The number of carbonyl (C=O) groups excluding carboxylic acids is 1. The first-order valence-electron chi connectivity index (χ1n) is 5.51. The maximum Gasteiger partial charge on any atom is 0.408 e. The first kappa shape index (κ1) is 17.0. The summed E-state index contributed by atoms with van der Waals surface area (Å²) in [6.45, 7) is 6.94. The van der Waals surface area contributed by atoms with Crippen molar-refractivity contribution in [3.8, 4) is 0 Å². The first-order chi connectivity index (χ1) is 8.19. The molecule has 0 saturated carbocycles. The van der Waals surface area contributed by atoms with Crippen LogP contribution in [0.15, 0.2) is 16.5 Å². The maximum absolute atomic E-state index is 11.5. The fourth-order valence-electron chi connectivity index (χ4n) is 1.26. The molecule has 6 nitrogen and oxygen atoms in total. The van der Waals surface area contributed by atoms with Crippen LogP contribution in [0.2, 0.25) is 0 Å². The molecule has 19 heavy (non-hydrogen) atoms. The second-order valence-corrected chi connectivity index (χ2v) is 4.88. The molecule has 2 N–H and O–H groups in total. The summed E-state index contributed by atoms with van der Waals surface area (Å²) in [4.78, 5) is 22.1. The number of furan rings is 1. The van der Waals surface area contributed by atoms with Gasteiger partial charge in [0.05, 0.1) is 6.04 Å². The molecule has 1 atom stereocenters. The Kier molecular flexibility index (Phi) is 5.61. The average Bonchev–Trinajstić information content (AvgIpc) is 2.62. The normalized spacial score (nSPS) is 12.2. The van der Waals surface area contributed by atoms with Gasteiger partial charge in [0.15, 0.2) is 0 Å². The standard InChI is InChI=1S/C12H17NO5.CH4/c1-7(13-11(16)18-12(2,3)4)8-5-6-9(17-8)10(14)15;/h5-7H,1-4H3,(H,13,16)(H,14,15);1H4/t7-;/m1./s1. The van der Waals surface area contributed by atoms with E-state index in [0.717, 1.165) is 0 Å². The highest BCUT2D eigenvalue weighted by atomic mass is 16.6. The molecule has 0 spiro atoms. The molecule has 6 heteroatoms. The van der Waals surface area contributed by atoms with E-state index in [4.69, 9.17) is 14.3 Å². The lowest BCUT2D eigenvalue weighted by molar-refractivity contribution is 0.0502.